The van der Waals surface area contributed by atoms with Gasteiger partial charge in [0.05, 0.1) is 6.04 Å². The van der Waals surface area contributed by atoms with E-state index < -0.39 is 6.04 Å². The maximum Gasteiger partial charge on any atom is 0.241 e. The van der Waals surface area contributed by atoms with Crippen molar-refractivity contribution in [3.63, 3.8) is 0 Å². The van der Waals surface area contributed by atoms with Crippen LogP contribution >= 0.6 is 12.4 Å². The van der Waals surface area contributed by atoms with Crippen LogP contribution in [0.5, 0.6) is 0 Å². The molecule has 1 amide bonds. The second-order valence-corrected chi connectivity index (χ2v) is 5.41. The predicted molar refractivity (Wildman–Crippen MR) is 81.8 cm³/mol. The highest BCUT2D eigenvalue weighted by Crippen LogP contribution is 2.27. The molecule has 0 radical (unpaired) electrons. The Balaban J connectivity index is 0.00000180. The van der Waals surface area contributed by atoms with E-state index in [0.29, 0.717) is 0 Å². The van der Waals surface area contributed by atoms with Gasteiger partial charge in [-0.05, 0) is 48.8 Å². The molecule has 0 bridgehead atoms. The van der Waals surface area contributed by atoms with Gasteiger partial charge in [-0.25, -0.2) is 0 Å². The minimum Gasteiger partial charge on any atom is -0.324 e. The number of anilines is 1. The zero-order chi connectivity index (χ0) is 13.1. The first-order valence-corrected chi connectivity index (χ1v) is 6.77. The summed E-state index contributed by atoms with van der Waals surface area (Å²) in [6.45, 7) is 3.93. The van der Waals surface area contributed by atoms with Crippen molar-refractivity contribution in [2.45, 2.75) is 45.6 Å². The van der Waals surface area contributed by atoms with Crippen molar-refractivity contribution in [3.05, 3.63) is 29.3 Å². The van der Waals surface area contributed by atoms with Crippen LogP contribution in [0.3, 0.4) is 0 Å². The summed E-state index contributed by atoms with van der Waals surface area (Å²) in [6, 6.07) is 5.71. The molecule has 3 N–H and O–H groups in total. The second kappa shape index (κ2) is 6.92. The third kappa shape index (κ3) is 3.71. The third-order valence-electron chi connectivity index (χ3n) is 3.67. The highest BCUT2D eigenvalue weighted by Gasteiger charge is 2.19. The summed E-state index contributed by atoms with van der Waals surface area (Å²) >= 11 is 0. The minimum absolute atomic E-state index is 0. The van der Waals surface area contributed by atoms with Gasteiger partial charge in [-0.1, -0.05) is 26.0 Å². The van der Waals surface area contributed by atoms with Crippen LogP contribution < -0.4 is 11.1 Å². The first-order chi connectivity index (χ1) is 8.59. The Morgan fingerprint density at radius 3 is 2.63 bits per heavy atom. The third-order valence-corrected chi connectivity index (χ3v) is 3.67. The number of fused-ring (bicyclic) bond motifs is 1. The molecule has 1 aliphatic carbocycles. The van der Waals surface area contributed by atoms with Crippen molar-refractivity contribution < 1.29 is 4.79 Å². The quantitative estimate of drug-likeness (QED) is 0.896. The Labute approximate surface area is 121 Å². The molecule has 1 aliphatic rings. The van der Waals surface area contributed by atoms with Gasteiger partial charge in [0.2, 0.25) is 5.91 Å². The largest absolute Gasteiger partial charge is 0.324 e. The number of nitrogens with two attached hydrogens (primary N) is 1. The van der Waals surface area contributed by atoms with Crippen LogP contribution in [-0.4, -0.2) is 11.9 Å². The summed E-state index contributed by atoms with van der Waals surface area (Å²) in [7, 11) is 0. The lowest BCUT2D eigenvalue weighted by atomic mass is 9.90. The summed E-state index contributed by atoms with van der Waals surface area (Å²) in [4.78, 5) is 12.0. The molecule has 19 heavy (non-hydrogen) atoms. The smallest absolute Gasteiger partial charge is 0.241 e. The number of carbonyl (C=O) groups excluding carboxylic acids is 1. The number of hydrogen-bond donors (Lipinski definition) is 2. The molecule has 4 heteroatoms. The predicted octanol–water partition coefficient (Wildman–Crippen LogP) is 2.91. The molecule has 0 spiro atoms. The molecule has 1 atom stereocenters. The van der Waals surface area contributed by atoms with Gasteiger partial charge >= 0.3 is 0 Å². The van der Waals surface area contributed by atoms with Gasteiger partial charge in [-0.2, -0.15) is 0 Å². The zero-order valence-electron chi connectivity index (χ0n) is 11.6. The average Bonchev–Trinajstić information content (AvgIpc) is 2.38. The van der Waals surface area contributed by atoms with E-state index in [1.165, 1.54) is 24.0 Å². The molecule has 0 saturated carbocycles. The van der Waals surface area contributed by atoms with E-state index in [4.69, 9.17) is 5.73 Å². The Morgan fingerprint density at radius 2 is 1.95 bits per heavy atom. The van der Waals surface area contributed by atoms with E-state index in [0.717, 1.165) is 18.5 Å². The first kappa shape index (κ1) is 16.0. The van der Waals surface area contributed by atoms with Gasteiger partial charge in [0.25, 0.3) is 0 Å². The molecule has 0 heterocycles. The van der Waals surface area contributed by atoms with Crippen LogP contribution in [-0.2, 0) is 17.6 Å². The first-order valence-electron chi connectivity index (χ1n) is 6.77. The fourth-order valence-electron chi connectivity index (χ4n) is 2.42. The Bertz CT molecular complexity index is 446. The fourth-order valence-corrected chi connectivity index (χ4v) is 2.42. The normalized spacial score (nSPS) is 15.4. The summed E-state index contributed by atoms with van der Waals surface area (Å²) in [5, 5.41) is 2.99. The molecule has 3 nitrogen and oxygen atoms in total. The Hall–Kier alpha value is -1.06. The molecule has 0 unspecified atom stereocenters. The van der Waals surface area contributed by atoms with Crippen LogP contribution in [0.2, 0.25) is 0 Å². The van der Waals surface area contributed by atoms with Crippen molar-refractivity contribution in [1.82, 2.24) is 0 Å². The number of nitrogens with one attached hydrogen (secondary N) is 1. The van der Waals surface area contributed by atoms with Gasteiger partial charge in [0.15, 0.2) is 0 Å². The molecule has 0 aromatic heterocycles. The van der Waals surface area contributed by atoms with Crippen LogP contribution in [0.4, 0.5) is 5.69 Å². The Morgan fingerprint density at radius 1 is 1.26 bits per heavy atom. The van der Waals surface area contributed by atoms with Crippen molar-refractivity contribution in [1.29, 1.82) is 0 Å². The second-order valence-electron chi connectivity index (χ2n) is 5.41. The fraction of sp³-hybridized carbons (Fsp3) is 0.533. The number of aryl methyl sites for hydroxylation is 1. The topological polar surface area (TPSA) is 55.1 Å². The maximum atomic E-state index is 12.0. The molecular weight excluding hydrogens is 260 g/mol. The zero-order valence-corrected chi connectivity index (χ0v) is 12.4. The standard InChI is InChI=1S/C15H22N2O.ClH/c1-10(2)14(16)15(18)17-13-9-5-7-11-6-3-4-8-12(11)13;/h5,7,9-10,14H,3-4,6,8,16H2,1-2H3,(H,17,18);1H/t14-;/m0./s1. The molecule has 0 aliphatic heterocycles. The monoisotopic (exact) mass is 282 g/mol. The summed E-state index contributed by atoms with van der Waals surface area (Å²) < 4.78 is 0. The van der Waals surface area contributed by atoms with E-state index in [1.807, 2.05) is 26.0 Å². The molecular formula is C15H23ClN2O. The molecule has 0 saturated heterocycles. The van der Waals surface area contributed by atoms with Crippen molar-refractivity contribution >= 4 is 24.0 Å². The lowest BCUT2D eigenvalue weighted by Gasteiger charge is -2.21. The number of rotatable bonds is 3. The van der Waals surface area contributed by atoms with Crippen LogP contribution in [0.25, 0.3) is 0 Å². The SMILES string of the molecule is CC(C)[C@H](N)C(=O)Nc1cccc2c1CCCC2.Cl. The molecule has 106 valence electrons. The van der Waals surface area contributed by atoms with Crippen molar-refractivity contribution in [2.24, 2.45) is 11.7 Å². The van der Waals surface area contributed by atoms with Gasteiger partial charge < -0.3 is 11.1 Å². The summed E-state index contributed by atoms with van der Waals surface area (Å²) in [6.07, 6.45) is 4.63. The lowest BCUT2D eigenvalue weighted by Crippen LogP contribution is -2.40. The number of halogens is 1. The lowest BCUT2D eigenvalue weighted by molar-refractivity contribution is -0.118. The molecule has 1 aromatic carbocycles. The van der Waals surface area contributed by atoms with Crippen LogP contribution in [0, 0.1) is 5.92 Å². The van der Waals surface area contributed by atoms with Gasteiger partial charge in [0, 0.05) is 5.69 Å². The number of benzene rings is 1. The summed E-state index contributed by atoms with van der Waals surface area (Å²) in [5.41, 5.74) is 9.50. The van der Waals surface area contributed by atoms with Crippen LogP contribution in [0.15, 0.2) is 18.2 Å². The molecule has 1 aromatic rings. The number of hydrogen-bond acceptors (Lipinski definition) is 2. The van der Waals surface area contributed by atoms with E-state index in [2.05, 4.69) is 11.4 Å². The van der Waals surface area contributed by atoms with Gasteiger partial charge in [0.1, 0.15) is 0 Å². The van der Waals surface area contributed by atoms with E-state index in [1.54, 1.807) is 0 Å². The molecule has 0 fully saturated rings. The average molecular weight is 283 g/mol. The highest BCUT2D eigenvalue weighted by atomic mass is 35.5. The minimum atomic E-state index is -0.440. The van der Waals surface area contributed by atoms with E-state index >= 15 is 0 Å². The van der Waals surface area contributed by atoms with Crippen LogP contribution in [0.1, 0.15) is 37.8 Å². The Kier molecular flexibility index (Phi) is 5.83. The van der Waals surface area contributed by atoms with E-state index in [-0.39, 0.29) is 24.2 Å². The van der Waals surface area contributed by atoms with Gasteiger partial charge in [-0.15, -0.1) is 12.4 Å². The molecule has 2 rings (SSSR count). The van der Waals surface area contributed by atoms with Crippen molar-refractivity contribution in [3.8, 4) is 0 Å². The number of amides is 1. The van der Waals surface area contributed by atoms with Crippen molar-refractivity contribution in [2.75, 3.05) is 5.32 Å². The highest BCUT2D eigenvalue weighted by molar-refractivity contribution is 5.95. The maximum absolute atomic E-state index is 12.0. The van der Waals surface area contributed by atoms with Gasteiger partial charge in [-0.3, -0.25) is 4.79 Å². The number of carbonyl (C=O) groups is 1. The summed E-state index contributed by atoms with van der Waals surface area (Å²) in [5.74, 6) is 0.0773. The van der Waals surface area contributed by atoms with E-state index in [9.17, 15) is 4.79 Å².